The van der Waals surface area contributed by atoms with Crippen molar-refractivity contribution in [2.75, 3.05) is 30.3 Å². The maximum atomic E-state index is 12.4. The topological polar surface area (TPSA) is 92.8 Å². The van der Waals surface area contributed by atoms with Gasteiger partial charge in [0.05, 0.1) is 23.5 Å². The first kappa shape index (κ1) is 17.4. The highest BCUT2D eigenvalue weighted by molar-refractivity contribution is 7.94. The van der Waals surface area contributed by atoms with Crippen molar-refractivity contribution in [3.05, 3.63) is 29.8 Å². The second-order valence-electron chi connectivity index (χ2n) is 6.01. The Morgan fingerprint density at radius 2 is 2.09 bits per heavy atom. The van der Waals surface area contributed by atoms with Crippen LogP contribution in [0.2, 0.25) is 0 Å². The van der Waals surface area contributed by atoms with Gasteiger partial charge >= 0.3 is 0 Å². The first-order valence-corrected chi connectivity index (χ1v) is 8.74. The molecule has 8 heteroatoms. The van der Waals surface area contributed by atoms with Crippen LogP contribution in [0, 0.1) is 5.41 Å². The van der Waals surface area contributed by atoms with Gasteiger partial charge in [-0.25, -0.2) is 12.7 Å². The molecule has 2 amide bonds. The summed E-state index contributed by atoms with van der Waals surface area (Å²) in [6.07, 6.45) is 0. The van der Waals surface area contributed by atoms with E-state index in [0.29, 0.717) is 13.2 Å². The highest BCUT2D eigenvalue weighted by Gasteiger charge is 2.49. The molecule has 0 aromatic heterocycles. The van der Waals surface area contributed by atoms with E-state index in [1.165, 1.54) is 19.2 Å². The van der Waals surface area contributed by atoms with Gasteiger partial charge in [-0.2, -0.15) is 0 Å². The Morgan fingerprint density at radius 3 is 2.65 bits per heavy atom. The van der Waals surface area contributed by atoms with Crippen LogP contribution < -0.4 is 9.62 Å². The zero-order chi connectivity index (χ0) is 17.3. The molecule has 0 saturated carbocycles. The summed E-state index contributed by atoms with van der Waals surface area (Å²) in [6.45, 7) is 3.90. The number of nitrogens with zero attached hydrogens (tertiary/aromatic N) is 1. The van der Waals surface area contributed by atoms with Crippen molar-refractivity contribution in [2.45, 2.75) is 13.8 Å². The molecule has 1 aliphatic heterocycles. The number of carbonyl (C=O) groups is 2. The maximum absolute atomic E-state index is 12.4. The lowest BCUT2D eigenvalue weighted by Gasteiger charge is -2.18. The van der Waals surface area contributed by atoms with Crippen LogP contribution in [0.1, 0.15) is 24.2 Å². The SMILES string of the molecule is COCCNC(=O)c1cccc(N2C(=O)C(C)(C)CS2(=O)=O)c1. The van der Waals surface area contributed by atoms with Crippen LogP contribution >= 0.6 is 0 Å². The van der Waals surface area contributed by atoms with E-state index in [4.69, 9.17) is 4.74 Å². The van der Waals surface area contributed by atoms with E-state index in [2.05, 4.69) is 5.32 Å². The van der Waals surface area contributed by atoms with Gasteiger partial charge in [-0.1, -0.05) is 6.07 Å². The lowest BCUT2D eigenvalue weighted by atomic mass is 9.95. The number of benzene rings is 1. The summed E-state index contributed by atoms with van der Waals surface area (Å²) in [7, 11) is -2.20. The second kappa shape index (κ2) is 6.29. The van der Waals surface area contributed by atoms with Crippen LogP contribution in [-0.4, -0.2) is 46.2 Å². The molecule has 1 aromatic rings. The van der Waals surface area contributed by atoms with Gasteiger partial charge in [0.15, 0.2) is 0 Å². The average Bonchev–Trinajstić information content (AvgIpc) is 2.63. The molecule has 1 heterocycles. The monoisotopic (exact) mass is 340 g/mol. The molecule has 0 bridgehead atoms. The number of nitrogens with one attached hydrogen (secondary N) is 1. The van der Waals surface area contributed by atoms with Gasteiger partial charge in [0.1, 0.15) is 0 Å². The summed E-state index contributed by atoms with van der Waals surface area (Å²) in [5, 5.41) is 2.65. The van der Waals surface area contributed by atoms with Gasteiger partial charge in [-0.3, -0.25) is 9.59 Å². The van der Waals surface area contributed by atoms with Crippen molar-refractivity contribution in [2.24, 2.45) is 5.41 Å². The third-order valence-corrected chi connectivity index (χ3v) is 5.54. The van der Waals surface area contributed by atoms with E-state index in [1.807, 2.05) is 0 Å². The maximum Gasteiger partial charge on any atom is 0.251 e. The normalized spacial score (nSPS) is 18.9. The predicted molar refractivity (Wildman–Crippen MR) is 85.7 cm³/mol. The lowest BCUT2D eigenvalue weighted by molar-refractivity contribution is -0.123. The predicted octanol–water partition coefficient (Wildman–Crippen LogP) is 0.765. The van der Waals surface area contributed by atoms with Gasteiger partial charge in [0.2, 0.25) is 15.9 Å². The zero-order valence-corrected chi connectivity index (χ0v) is 14.1. The van der Waals surface area contributed by atoms with E-state index in [0.717, 1.165) is 4.31 Å². The summed E-state index contributed by atoms with van der Waals surface area (Å²) in [5.41, 5.74) is -0.512. The number of rotatable bonds is 5. The molecule has 126 valence electrons. The van der Waals surface area contributed by atoms with Crippen LogP contribution in [0.25, 0.3) is 0 Å². The van der Waals surface area contributed by atoms with Gasteiger partial charge < -0.3 is 10.1 Å². The quantitative estimate of drug-likeness (QED) is 0.799. The van der Waals surface area contributed by atoms with Crippen molar-refractivity contribution in [3.8, 4) is 0 Å². The first-order chi connectivity index (χ1) is 10.7. The summed E-state index contributed by atoms with van der Waals surface area (Å²) in [4.78, 5) is 24.4. The number of amides is 2. The minimum atomic E-state index is -3.73. The molecule has 0 atom stereocenters. The fraction of sp³-hybridized carbons (Fsp3) is 0.467. The van der Waals surface area contributed by atoms with Crippen molar-refractivity contribution in [1.82, 2.24) is 5.32 Å². The van der Waals surface area contributed by atoms with Crippen molar-refractivity contribution in [3.63, 3.8) is 0 Å². The zero-order valence-electron chi connectivity index (χ0n) is 13.3. The Morgan fingerprint density at radius 1 is 1.39 bits per heavy atom. The highest BCUT2D eigenvalue weighted by atomic mass is 32.2. The third-order valence-electron chi connectivity index (χ3n) is 3.52. The number of hydrogen-bond acceptors (Lipinski definition) is 5. The molecule has 1 aliphatic rings. The summed E-state index contributed by atoms with van der Waals surface area (Å²) < 4.78 is 30.2. The van der Waals surface area contributed by atoms with Crippen LogP contribution in [0.4, 0.5) is 5.69 Å². The number of methoxy groups -OCH3 is 1. The van der Waals surface area contributed by atoms with E-state index in [-0.39, 0.29) is 22.9 Å². The molecule has 1 saturated heterocycles. The lowest BCUT2D eigenvalue weighted by Crippen LogP contribution is -2.33. The summed E-state index contributed by atoms with van der Waals surface area (Å²) >= 11 is 0. The van der Waals surface area contributed by atoms with Gasteiger partial charge in [0, 0.05) is 19.2 Å². The van der Waals surface area contributed by atoms with Crippen molar-refractivity contribution < 1.29 is 22.7 Å². The number of carbonyl (C=O) groups excluding carboxylic acids is 2. The largest absolute Gasteiger partial charge is 0.383 e. The fourth-order valence-corrected chi connectivity index (χ4v) is 4.50. The molecule has 1 N–H and O–H groups in total. The minimum Gasteiger partial charge on any atom is -0.383 e. The molecular weight excluding hydrogens is 320 g/mol. The Labute approximate surface area is 135 Å². The molecule has 0 spiro atoms. The average molecular weight is 340 g/mol. The number of sulfonamides is 1. The van der Waals surface area contributed by atoms with Gasteiger partial charge in [-0.15, -0.1) is 0 Å². The Balaban J connectivity index is 2.30. The van der Waals surface area contributed by atoms with E-state index < -0.39 is 21.3 Å². The Kier molecular flexibility index (Phi) is 4.76. The standard InChI is InChI=1S/C15H20N2O5S/c1-15(2)10-23(20,21)17(14(15)19)12-6-4-5-11(9-12)13(18)16-7-8-22-3/h4-6,9H,7-8,10H2,1-3H3,(H,16,18). The minimum absolute atomic E-state index is 0.181. The molecule has 7 nitrogen and oxygen atoms in total. The van der Waals surface area contributed by atoms with Crippen molar-refractivity contribution >= 4 is 27.5 Å². The van der Waals surface area contributed by atoms with Crippen LogP contribution in [-0.2, 0) is 19.6 Å². The smallest absolute Gasteiger partial charge is 0.251 e. The summed E-state index contributed by atoms with van der Waals surface area (Å²) in [6, 6.07) is 6.01. The molecule has 0 aliphatic carbocycles. The molecule has 0 unspecified atom stereocenters. The molecule has 1 fully saturated rings. The van der Waals surface area contributed by atoms with E-state index >= 15 is 0 Å². The molecule has 1 aromatic carbocycles. The highest BCUT2D eigenvalue weighted by Crippen LogP contribution is 2.35. The van der Waals surface area contributed by atoms with Crippen LogP contribution in [0.5, 0.6) is 0 Å². The molecule has 23 heavy (non-hydrogen) atoms. The first-order valence-electron chi connectivity index (χ1n) is 7.14. The van der Waals surface area contributed by atoms with E-state index in [1.54, 1.807) is 26.0 Å². The van der Waals surface area contributed by atoms with Gasteiger partial charge in [-0.05, 0) is 32.0 Å². The molecular formula is C15H20N2O5S. The Hall–Kier alpha value is -1.93. The second-order valence-corrected chi connectivity index (χ2v) is 7.83. The van der Waals surface area contributed by atoms with Crippen molar-refractivity contribution in [1.29, 1.82) is 0 Å². The number of hydrogen-bond donors (Lipinski definition) is 1. The van der Waals surface area contributed by atoms with E-state index in [9.17, 15) is 18.0 Å². The number of ether oxygens (including phenoxy) is 1. The van der Waals surface area contributed by atoms with Gasteiger partial charge in [0.25, 0.3) is 5.91 Å². The van der Waals surface area contributed by atoms with Crippen LogP contribution in [0.3, 0.4) is 0 Å². The van der Waals surface area contributed by atoms with Crippen LogP contribution in [0.15, 0.2) is 24.3 Å². The fourth-order valence-electron chi connectivity index (χ4n) is 2.40. The number of anilines is 1. The molecule has 2 rings (SSSR count). The third kappa shape index (κ3) is 3.53. The summed E-state index contributed by atoms with van der Waals surface area (Å²) in [5.74, 6) is -1.09. The molecule has 0 radical (unpaired) electrons. The Bertz CT molecular complexity index is 727.